The number of aliphatic carboxylic acids is 1. The Morgan fingerprint density at radius 3 is 2.29 bits per heavy atom. The molecule has 1 saturated carbocycles. The van der Waals surface area contributed by atoms with Crippen LogP contribution in [0.5, 0.6) is 5.75 Å². The third-order valence-corrected chi connectivity index (χ3v) is 4.66. The number of hydrogen-bond donors (Lipinski definition) is 1. The molecule has 0 bridgehead atoms. The molecule has 0 unspecified atom stereocenters. The topological polar surface area (TPSA) is 46.5 Å². The lowest BCUT2D eigenvalue weighted by molar-refractivity contribution is -0.145. The maximum absolute atomic E-state index is 12.1. The summed E-state index contributed by atoms with van der Waals surface area (Å²) in [4.78, 5) is 12.1. The minimum Gasteiger partial charge on any atom is -0.496 e. The van der Waals surface area contributed by atoms with Gasteiger partial charge in [0.25, 0.3) is 0 Å². The first-order valence-electron chi connectivity index (χ1n) is 7.74. The summed E-state index contributed by atoms with van der Waals surface area (Å²) in [5.41, 5.74) is 1.07. The van der Waals surface area contributed by atoms with Crippen molar-refractivity contribution in [2.45, 2.75) is 63.7 Å². The van der Waals surface area contributed by atoms with Crippen molar-refractivity contribution in [2.24, 2.45) is 0 Å². The van der Waals surface area contributed by atoms with Crippen molar-refractivity contribution in [2.75, 3.05) is 7.11 Å². The summed E-state index contributed by atoms with van der Waals surface area (Å²) in [5, 5.41) is 9.90. The molecule has 3 heteroatoms. The summed E-state index contributed by atoms with van der Waals surface area (Å²) in [7, 11) is 1.65. The van der Waals surface area contributed by atoms with Gasteiger partial charge in [-0.25, -0.2) is 0 Å². The van der Waals surface area contributed by atoms with Crippen molar-refractivity contribution in [1.29, 1.82) is 0 Å². The molecule has 0 atom stereocenters. The monoisotopic (exact) mass is 290 g/mol. The van der Waals surface area contributed by atoms with E-state index in [4.69, 9.17) is 4.74 Å². The van der Waals surface area contributed by atoms with Gasteiger partial charge in [-0.2, -0.15) is 0 Å². The molecule has 0 heterocycles. The molecular formula is C18H26O3. The molecule has 0 radical (unpaired) electrons. The Hall–Kier alpha value is -1.51. The second kappa shape index (κ2) is 5.70. The molecule has 1 aliphatic carbocycles. The average molecular weight is 290 g/mol. The number of carbonyl (C=O) groups is 1. The largest absolute Gasteiger partial charge is 0.496 e. The fourth-order valence-corrected chi connectivity index (χ4v) is 3.48. The van der Waals surface area contributed by atoms with Crippen LogP contribution in [0.1, 0.15) is 64.0 Å². The Kier molecular flexibility index (Phi) is 4.31. The molecule has 0 saturated heterocycles. The van der Waals surface area contributed by atoms with Crippen LogP contribution >= 0.6 is 0 Å². The van der Waals surface area contributed by atoms with Gasteiger partial charge in [0, 0.05) is 5.56 Å². The fraction of sp³-hybridized carbons (Fsp3) is 0.611. The zero-order valence-electron chi connectivity index (χ0n) is 13.5. The predicted molar refractivity (Wildman–Crippen MR) is 84.1 cm³/mol. The van der Waals surface area contributed by atoms with Gasteiger partial charge in [0.15, 0.2) is 0 Å². The summed E-state index contributed by atoms with van der Waals surface area (Å²) < 4.78 is 5.67. The van der Waals surface area contributed by atoms with Crippen LogP contribution in [0.2, 0.25) is 0 Å². The molecule has 21 heavy (non-hydrogen) atoms. The minimum atomic E-state index is -0.787. The van der Waals surface area contributed by atoms with Crippen molar-refractivity contribution in [3.05, 3.63) is 29.3 Å². The van der Waals surface area contributed by atoms with Crippen molar-refractivity contribution < 1.29 is 14.6 Å². The lowest BCUT2D eigenvalue weighted by Crippen LogP contribution is -2.38. The first kappa shape index (κ1) is 15.9. The number of ether oxygens (including phenoxy) is 1. The van der Waals surface area contributed by atoms with Crippen LogP contribution in [-0.4, -0.2) is 18.2 Å². The number of hydrogen-bond acceptors (Lipinski definition) is 2. The molecule has 1 N–H and O–H groups in total. The summed E-state index contributed by atoms with van der Waals surface area (Å²) in [5.74, 6) is 0.0425. The molecule has 2 rings (SSSR count). The molecule has 1 aromatic carbocycles. The van der Waals surface area contributed by atoms with E-state index in [0.29, 0.717) is 12.8 Å². The quantitative estimate of drug-likeness (QED) is 0.903. The number of methoxy groups -OCH3 is 1. The molecule has 1 aromatic rings. The average Bonchev–Trinajstić information content (AvgIpc) is 2.46. The predicted octanol–water partition coefficient (Wildman–Crippen LogP) is 4.28. The molecular weight excluding hydrogens is 264 g/mol. The first-order valence-corrected chi connectivity index (χ1v) is 7.74. The third kappa shape index (κ3) is 2.78. The van der Waals surface area contributed by atoms with Crippen LogP contribution in [0.15, 0.2) is 18.2 Å². The highest BCUT2D eigenvalue weighted by Gasteiger charge is 2.44. The minimum absolute atomic E-state index is 0.0737. The van der Waals surface area contributed by atoms with Gasteiger partial charge < -0.3 is 9.84 Å². The van der Waals surface area contributed by atoms with Gasteiger partial charge in [-0.05, 0) is 23.8 Å². The van der Waals surface area contributed by atoms with Gasteiger partial charge in [-0.15, -0.1) is 0 Å². The smallest absolute Gasteiger partial charge is 0.314 e. The van der Waals surface area contributed by atoms with Crippen molar-refractivity contribution >= 4 is 5.97 Å². The lowest BCUT2D eigenvalue weighted by atomic mass is 9.68. The molecule has 1 fully saturated rings. The van der Waals surface area contributed by atoms with Gasteiger partial charge in [-0.3, -0.25) is 4.79 Å². The maximum atomic E-state index is 12.1. The highest BCUT2D eigenvalue weighted by molar-refractivity contribution is 5.83. The second-order valence-corrected chi connectivity index (χ2v) is 7.08. The Bertz CT molecular complexity index is 520. The van der Waals surface area contributed by atoms with Crippen LogP contribution < -0.4 is 4.74 Å². The zero-order valence-corrected chi connectivity index (χ0v) is 13.5. The van der Waals surface area contributed by atoms with E-state index < -0.39 is 11.4 Å². The van der Waals surface area contributed by atoms with E-state index in [9.17, 15) is 9.90 Å². The van der Waals surface area contributed by atoms with Gasteiger partial charge in [0.2, 0.25) is 0 Å². The Labute approximate surface area is 127 Å². The van der Waals surface area contributed by atoms with Gasteiger partial charge >= 0.3 is 5.97 Å². The highest BCUT2D eigenvalue weighted by Crippen LogP contribution is 2.46. The van der Waals surface area contributed by atoms with Crippen molar-refractivity contribution in [1.82, 2.24) is 0 Å². The lowest BCUT2D eigenvalue weighted by Gasteiger charge is -2.36. The van der Waals surface area contributed by atoms with Gasteiger partial charge in [0.05, 0.1) is 12.5 Å². The van der Waals surface area contributed by atoms with E-state index in [-0.39, 0.29) is 5.41 Å². The molecule has 0 aliphatic heterocycles. The molecule has 1 aliphatic rings. The second-order valence-electron chi connectivity index (χ2n) is 7.08. The van der Waals surface area contributed by atoms with E-state index in [1.165, 1.54) is 0 Å². The number of para-hydroxylation sites is 1. The molecule has 0 aromatic heterocycles. The van der Waals surface area contributed by atoms with Crippen molar-refractivity contribution in [3.63, 3.8) is 0 Å². The SMILES string of the molecule is COc1c(C(C)(C)C)cccc1C1(C(=O)O)CCCCC1. The van der Waals surface area contributed by atoms with Crippen LogP contribution in [0.4, 0.5) is 0 Å². The van der Waals surface area contributed by atoms with E-state index in [2.05, 4.69) is 20.8 Å². The summed E-state index contributed by atoms with van der Waals surface area (Å²) in [6.45, 7) is 6.38. The maximum Gasteiger partial charge on any atom is 0.314 e. The van der Waals surface area contributed by atoms with E-state index in [1.54, 1.807) is 7.11 Å². The number of benzene rings is 1. The molecule has 0 amide bonds. The number of rotatable bonds is 3. The van der Waals surface area contributed by atoms with Gasteiger partial charge in [-0.1, -0.05) is 58.2 Å². The van der Waals surface area contributed by atoms with Crippen LogP contribution in [0.25, 0.3) is 0 Å². The Morgan fingerprint density at radius 1 is 1.19 bits per heavy atom. The highest BCUT2D eigenvalue weighted by atomic mass is 16.5. The summed E-state index contributed by atoms with van der Waals surface area (Å²) in [6, 6.07) is 5.95. The third-order valence-electron chi connectivity index (χ3n) is 4.66. The Balaban J connectivity index is 2.64. The normalized spacial score (nSPS) is 18.3. The fourth-order valence-electron chi connectivity index (χ4n) is 3.48. The Morgan fingerprint density at radius 2 is 1.81 bits per heavy atom. The van der Waals surface area contributed by atoms with Crippen LogP contribution in [0.3, 0.4) is 0 Å². The van der Waals surface area contributed by atoms with E-state index >= 15 is 0 Å². The number of carboxylic acids is 1. The van der Waals surface area contributed by atoms with Crippen molar-refractivity contribution in [3.8, 4) is 5.75 Å². The summed E-state index contributed by atoms with van der Waals surface area (Å²) >= 11 is 0. The standard InChI is InChI=1S/C18H26O3/c1-17(2,3)13-9-8-10-14(15(13)21-4)18(16(19)20)11-6-5-7-12-18/h8-10H,5-7,11-12H2,1-4H3,(H,19,20). The van der Waals surface area contributed by atoms with Crippen LogP contribution in [-0.2, 0) is 15.6 Å². The van der Waals surface area contributed by atoms with E-state index in [1.807, 2.05) is 18.2 Å². The number of carboxylic acid groups (broad SMARTS) is 1. The zero-order chi connectivity index (χ0) is 15.7. The molecule has 3 nitrogen and oxygen atoms in total. The first-order chi connectivity index (χ1) is 9.83. The molecule has 0 spiro atoms. The van der Waals surface area contributed by atoms with E-state index in [0.717, 1.165) is 36.1 Å². The van der Waals surface area contributed by atoms with Gasteiger partial charge in [0.1, 0.15) is 5.75 Å². The molecule has 116 valence electrons. The summed E-state index contributed by atoms with van der Waals surface area (Å²) in [6.07, 6.45) is 4.46. The van der Waals surface area contributed by atoms with Crippen LogP contribution in [0, 0.1) is 0 Å².